The number of nitrogens with one attached hydrogen (secondary N) is 1. The van der Waals surface area contributed by atoms with E-state index < -0.39 is 0 Å². The fourth-order valence-electron chi connectivity index (χ4n) is 3.51. The Morgan fingerprint density at radius 1 is 1.14 bits per heavy atom. The molecule has 7 nitrogen and oxygen atoms in total. The summed E-state index contributed by atoms with van der Waals surface area (Å²) >= 11 is 0. The zero-order chi connectivity index (χ0) is 20.6. The summed E-state index contributed by atoms with van der Waals surface area (Å²) in [6.07, 6.45) is 5.31. The average molecular weight is 397 g/mol. The number of hydrogen-bond donors (Lipinski definition) is 1. The monoisotopic (exact) mass is 397 g/mol. The summed E-state index contributed by atoms with van der Waals surface area (Å²) in [7, 11) is 3.16. The highest BCUT2D eigenvalue weighted by Crippen LogP contribution is 2.27. The molecule has 7 heteroatoms. The van der Waals surface area contributed by atoms with Crippen molar-refractivity contribution < 1.29 is 19.1 Å². The number of carbonyl (C=O) groups excluding carboxylic acids is 2. The number of methoxy groups -OCH3 is 2. The average Bonchev–Trinajstić information content (AvgIpc) is 2.78. The summed E-state index contributed by atoms with van der Waals surface area (Å²) in [5, 5.41) is 3.02. The number of carbonyl (C=O) groups is 2. The minimum Gasteiger partial charge on any atom is -0.493 e. The second kappa shape index (κ2) is 9.91. The number of rotatable bonds is 7. The smallest absolute Gasteiger partial charge is 0.255 e. The number of benzene rings is 1. The minimum absolute atomic E-state index is 0.0221. The Labute approximate surface area is 171 Å². The van der Waals surface area contributed by atoms with Gasteiger partial charge in [-0.05, 0) is 48.6 Å². The van der Waals surface area contributed by atoms with E-state index in [2.05, 4.69) is 10.3 Å². The van der Waals surface area contributed by atoms with Crippen molar-refractivity contribution in [1.29, 1.82) is 0 Å². The maximum absolute atomic E-state index is 12.5. The first-order valence-corrected chi connectivity index (χ1v) is 9.77. The van der Waals surface area contributed by atoms with Crippen LogP contribution in [0, 0.1) is 5.92 Å². The number of aromatic nitrogens is 1. The third kappa shape index (κ3) is 5.47. The topological polar surface area (TPSA) is 80.8 Å². The van der Waals surface area contributed by atoms with Gasteiger partial charge in [-0.3, -0.25) is 14.6 Å². The Balaban J connectivity index is 1.43. The van der Waals surface area contributed by atoms with Gasteiger partial charge < -0.3 is 19.7 Å². The van der Waals surface area contributed by atoms with Gasteiger partial charge in [-0.2, -0.15) is 0 Å². The first-order valence-electron chi connectivity index (χ1n) is 9.77. The summed E-state index contributed by atoms with van der Waals surface area (Å²) in [4.78, 5) is 30.7. The number of pyridine rings is 1. The molecule has 0 saturated carbocycles. The number of amides is 2. The lowest BCUT2D eigenvalue weighted by Gasteiger charge is -2.32. The van der Waals surface area contributed by atoms with Crippen molar-refractivity contribution >= 4 is 11.8 Å². The molecule has 1 aliphatic heterocycles. The van der Waals surface area contributed by atoms with Crippen LogP contribution in [0.5, 0.6) is 11.5 Å². The minimum atomic E-state index is -0.0221. The summed E-state index contributed by atoms with van der Waals surface area (Å²) in [5.74, 6) is 1.63. The third-order valence-corrected chi connectivity index (χ3v) is 5.21. The van der Waals surface area contributed by atoms with E-state index in [1.165, 1.54) is 0 Å². The van der Waals surface area contributed by atoms with Crippen LogP contribution in [0.25, 0.3) is 0 Å². The van der Waals surface area contributed by atoms with Gasteiger partial charge in [0, 0.05) is 32.0 Å². The molecule has 0 bridgehead atoms. The van der Waals surface area contributed by atoms with Crippen LogP contribution in [0.2, 0.25) is 0 Å². The second-order valence-corrected chi connectivity index (χ2v) is 7.15. The van der Waals surface area contributed by atoms with Crippen LogP contribution in [0.15, 0.2) is 42.7 Å². The van der Waals surface area contributed by atoms with Gasteiger partial charge in [-0.25, -0.2) is 0 Å². The van der Waals surface area contributed by atoms with Crippen molar-refractivity contribution in [3.63, 3.8) is 0 Å². The highest BCUT2D eigenvalue weighted by Gasteiger charge is 2.24. The molecule has 1 fully saturated rings. The van der Waals surface area contributed by atoms with E-state index in [0.29, 0.717) is 49.0 Å². The number of hydrogen-bond acceptors (Lipinski definition) is 5. The van der Waals surface area contributed by atoms with Crippen LogP contribution >= 0.6 is 0 Å². The molecule has 1 aliphatic rings. The van der Waals surface area contributed by atoms with Gasteiger partial charge in [0.25, 0.3) is 5.91 Å². The zero-order valence-electron chi connectivity index (χ0n) is 16.9. The molecule has 0 spiro atoms. The van der Waals surface area contributed by atoms with Crippen LogP contribution in [0.1, 0.15) is 28.8 Å². The number of ether oxygens (including phenoxy) is 2. The summed E-state index contributed by atoms with van der Waals surface area (Å²) in [6, 6.07) is 9.05. The van der Waals surface area contributed by atoms with Crippen LogP contribution in [0.4, 0.5) is 0 Å². The molecule has 0 unspecified atom stereocenters. The predicted molar refractivity (Wildman–Crippen MR) is 109 cm³/mol. The van der Waals surface area contributed by atoms with Gasteiger partial charge in [0.1, 0.15) is 0 Å². The molecule has 29 heavy (non-hydrogen) atoms. The van der Waals surface area contributed by atoms with E-state index in [1.807, 2.05) is 17.0 Å². The Hall–Kier alpha value is -3.09. The Kier molecular flexibility index (Phi) is 7.05. The van der Waals surface area contributed by atoms with Crippen molar-refractivity contribution in [2.45, 2.75) is 19.3 Å². The largest absolute Gasteiger partial charge is 0.493 e. The quantitative estimate of drug-likeness (QED) is 0.775. The molecule has 2 amide bonds. The molecule has 0 aliphatic carbocycles. The standard InChI is InChI=1S/C22H27N3O4/c1-28-19-6-5-17(12-20(19)29-2)13-21(26)24-14-16-7-10-25(11-8-16)22(27)18-4-3-9-23-15-18/h3-6,9,12,15-16H,7-8,10-11,13-14H2,1-2H3,(H,24,26). The van der Waals surface area contributed by atoms with Crippen LogP contribution in [-0.4, -0.2) is 55.6 Å². The van der Waals surface area contributed by atoms with Gasteiger partial charge >= 0.3 is 0 Å². The van der Waals surface area contributed by atoms with Crippen LogP contribution in [0.3, 0.4) is 0 Å². The van der Waals surface area contributed by atoms with Gasteiger partial charge in [0.2, 0.25) is 5.91 Å². The lowest BCUT2D eigenvalue weighted by atomic mass is 9.96. The highest BCUT2D eigenvalue weighted by molar-refractivity contribution is 5.93. The van der Waals surface area contributed by atoms with Gasteiger partial charge in [0.05, 0.1) is 26.2 Å². The zero-order valence-corrected chi connectivity index (χ0v) is 16.9. The van der Waals surface area contributed by atoms with Crippen molar-refractivity contribution in [3.8, 4) is 11.5 Å². The normalized spacial score (nSPS) is 14.3. The first kappa shape index (κ1) is 20.6. The number of piperidine rings is 1. The maximum Gasteiger partial charge on any atom is 0.255 e. The maximum atomic E-state index is 12.5. The fraction of sp³-hybridized carbons (Fsp3) is 0.409. The van der Waals surface area contributed by atoms with E-state index in [-0.39, 0.29) is 11.8 Å². The SMILES string of the molecule is COc1ccc(CC(=O)NCC2CCN(C(=O)c3cccnc3)CC2)cc1OC. The number of nitrogens with zero attached hydrogens (tertiary/aromatic N) is 2. The van der Waals surface area contributed by atoms with Crippen molar-refractivity contribution in [2.75, 3.05) is 33.9 Å². The molecule has 0 atom stereocenters. The molecule has 154 valence electrons. The Bertz CT molecular complexity index is 833. The van der Waals surface area contributed by atoms with E-state index in [9.17, 15) is 9.59 Å². The summed E-state index contributed by atoms with van der Waals surface area (Å²) < 4.78 is 10.5. The molecule has 2 aromatic rings. The molecule has 3 rings (SSSR count). The van der Waals surface area contributed by atoms with Crippen molar-refractivity contribution in [1.82, 2.24) is 15.2 Å². The number of likely N-dealkylation sites (tertiary alicyclic amines) is 1. The van der Waals surface area contributed by atoms with E-state index >= 15 is 0 Å². The predicted octanol–water partition coefficient (Wildman–Crippen LogP) is 2.31. The lowest BCUT2D eigenvalue weighted by molar-refractivity contribution is -0.120. The van der Waals surface area contributed by atoms with Crippen molar-refractivity contribution in [3.05, 3.63) is 53.9 Å². The summed E-state index contributed by atoms with van der Waals surface area (Å²) in [6.45, 7) is 2.02. The molecular formula is C22H27N3O4. The second-order valence-electron chi connectivity index (χ2n) is 7.15. The molecule has 1 aromatic heterocycles. The molecule has 1 saturated heterocycles. The lowest BCUT2D eigenvalue weighted by Crippen LogP contribution is -2.41. The van der Waals surface area contributed by atoms with Gasteiger partial charge in [-0.15, -0.1) is 0 Å². The molecular weight excluding hydrogens is 370 g/mol. The molecule has 2 heterocycles. The molecule has 0 radical (unpaired) electrons. The van der Waals surface area contributed by atoms with Crippen LogP contribution < -0.4 is 14.8 Å². The van der Waals surface area contributed by atoms with E-state index in [0.717, 1.165) is 18.4 Å². The van der Waals surface area contributed by atoms with Crippen molar-refractivity contribution in [2.24, 2.45) is 5.92 Å². The molecule has 1 N–H and O–H groups in total. The van der Waals surface area contributed by atoms with Gasteiger partial charge in [0.15, 0.2) is 11.5 Å². The van der Waals surface area contributed by atoms with E-state index in [4.69, 9.17) is 9.47 Å². The Morgan fingerprint density at radius 3 is 2.55 bits per heavy atom. The highest BCUT2D eigenvalue weighted by atomic mass is 16.5. The third-order valence-electron chi connectivity index (χ3n) is 5.21. The molecule has 1 aromatic carbocycles. The van der Waals surface area contributed by atoms with E-state index in [1.54, 1.807) is 44.8 Å². The fourth-order valence-corrected chi connectivity index (χ4v) is 3.51. The van der Waals surface area contributed by atoms with Gasteiger partial charge in [-0.1, -0.05) is 6.07 Å². The summed E-state index contributed by atoms with van der Waals surface area (Å²) in [5.41, 5.74) is 1.49. The first-order chi connectivity index (χ1) is 14.1. The van der Waals surface area contributed by atoms with Crippen LogP contribution in [-0.2, 0) is 11.2 Å². The Morgan fingerprint density at radius 2 is 1.90 bits per heavy atom.